The van der Waals surface area contributed by atoms with Crippen LogP contribution in [0.4, 0.5) is 5.69 Å². The monoisotopic (exact) mass is 401 g/mol. The van der Waals surface area contributed by atoms with E-state index in [4.69, 9.17) is 4.42 Å². The molecule has 0 aliphatic heterocycles. The molecule has 0 aliphatic rings. The molecule has 0 saturated carbocycles. The molecule has 8 nitrogen and oxygen atoms in total. The van der Waals surface area contributed by atoms with Crippen LogP contribution in [-0.4, -0.2) is 26.6 Å². The molecule has 2 amide bonds. The molecule has 2 aromatic carbocycles. The van der Waals surface area contributed by atoms with Crippen LogP contribution in [-0.2, 0) is 13.1 Å². The molecule has 2 heterocycles. The van der Waals surface area contributed by atoms with Gasteiger partial charge in [0.1, 0.15) is 12.7 Å². The topological polar surface area (TPSA) is 102 Å². The van der Waals surface area contributed by atoms with Gasteiger partial charge in [0.2, 0.25) is 0 Å². The minimum Gasteiger partial charge on any atom is -0.459 e. The van der Waals surface area contributed by atoms with E-state index in [1.54, 1.807) is 47.4 Å². The molecule has 0 saturated heterocycles. The molecule has 4 rings (SSSR count). The maximum atomic E-state index is 12.4. The summed E-state index contributed by atoms with van der Waals surface area (Å²) >= 11 is 0. The van der Waals surface area contributed by atoms with Crippen LogP contribution >= 0.6 is 0 Å². The zero-order valence-electron chi connectivity index (χ0n) is 16.0. The quantitative estimate of drug-likeness (QED) is 0.495. The number of carbonyl (C=O) groups is 2. The normalized spacial score (nSPS) is 10.5. The van der Waals surface area contributed by atoms with Crippen molar-refractivity contribution in [3.8, 4) is 0 Å². The lowest BCUT2D eigenvalue weighted by molar-refractivity contribution is 0.0950. The van der Waals surface area contributed by atoms with Gasteiger partial charge in [-0.15, -0.1) is 0 Å². The first kappa shape index (κ1) is 19.1. The summed E-state index contributed by atoms with van der Waals surface area (Å²) < 4.78 is 6.80. The van der Waals surface area contributed by atoms with Crippen molar-refractivity contribution >= 4 is 17.5 Å². The van der Waals surface area contributed by atoms with Gasteiger partial charge in [-0.3, -0.25) is 9.59 Å². The van der Waals surface area contributed by atoms with Crippen molar-refractivity contribution in [1.29, 1.82) is 0 Å². The van der Waals surface area contributed by atoms with Gasteiger partial charge < -0.3 is 15.1 Å². The predicted molar refractivity (Wildman–Crippen MR) is 110 cm³/mol. The van der Waals surface area contributed by atoms with Crippen molar-refractivity contribution in [2.24, 2.45) is 0 Å². The van der Waals surface area contributed by atoms with Gasteiger partial charge in [0, 0.05) is 17.8 Å². The van der Waals surface area contributed by atoms with Crippen molar-refractivity contribution < 1.29 is 14.0 Å². The molecule has 0 radical (unpaired) electrons. The van der Waals surface area contributed by atoms with E-state index in [1.807, 2.05) is 24.3 Å². The van der Waals surface area contributed by atoms with Crippen LogP contribution in [0.3, 0.4) is 0 Å². The first-order valence-electron chi connectivity index (χ1n) is 9.31. The third-order valence-electron chi connectivity index (χ3n) is 4.44. The van der Waals surface area contributed by atoms with Crippen molar-refractivity contribution in [2.75, 3.05) is 5.32 Å². The molecule has 30 heavy (non-hydrogen) atoms. The average molecular weight is 401 g/mol. The van der Waals surface area contributed by atoms with Crippen LogP contribution in [0, 0.1) is 0 Å². The molecular formula is C22H19N5O3. The van der Waals surface area contributed by atoms with E-state index in [9.17, 15) is 9.59 Å². The lowest BCUT2D eigenvalue weighted by Crippen LogP contribution is -2.22. The van der Waals surface area contributed by atoms with Crippen molar-refractivity contribution in [2.45, 2.75) is 13.1 Å². The summed E-state index contributed by atoms with van der Waals surface area (Å²) in [6, 6.07) is 17.8. The van der Waals surface area contributed by atoms with Gasteiger partial charge in [0.25, 0.3) is 11.8 Å². The zero-order chi connectivity index (χ0) is 20.8. The van der Waals surface area contributed by atoms with Crippen molar-refractivity contribution in [3.05, 3.63) is 102 Å². The Morgan fingerprint density at radius 3 is 2.37 bits per heavy atom. The second-order valence-electron chi connectivity index (χ2n) is 6.60. The number of rotatable bonds is 7. The van der Waals surface area contributed by atoms with Gasteiger partial charge in [0.15, 0.2) is 5.76 Å². The Balaban J connectivity index is 1.29. The lowest BCUT2D eigenvalue weighted by Gasteiger charge is -2.08. The van der Waals surface area contributed by atoms with Crippen LogP contribution in [0.25, 0.3) is 0 Å². The van der Waals surface area contributed by atoms with E-state index in [0.29, 0.717) is 24.3 Å². The SMILES string of the molecule is O=C(NCc1ccc(Cn2cncn2)cc1)c1ccc(NC(=O)c2ccco2)cc1. The summed E-state index contributed by atoms with van der Waals surface area (Å²) in [5.41, 5.74) is 3.18. The maximum absolute atomic E-state index is 12.4. The third-order valence-corrected chi connectivity index (χ3v) is 4.44. The number of aromatic nitrogens is 3. The van der Waals surface area contributed by atoms with Gasteiger partial charge in [0.05, 0.1) is 12.8 Å². The van der Waals surface area contributed by atoms with Crippen molar-refractivity contribution in [3.63, 3.8) is 0 Å². The highest BCUT2D eigenvalue weighted by atomic mass is 16.3. The molecule has 4 aromatic rings. The number of carbonyl (C=O) groups excluding carboxylic acids is 2. The average Bonchev–Trinajstić information content (AvgIpc) is 3.48. The Morgan fingerprint density at radius 1 is 0.933 bits per heavy atom. The molecule has 2 aromatic heterocycles. The molecule has 0 aliphatic carbocycles. The zero-order valence-corrected chi connectivity index (χ0v) is 16.0. The van der Waals surface area contributed by atoms with E-state index < -0.39 is 0 Å². The van der Waals surface area contributed by atoms with E-state index >= 15 is 0 Å². The number of anilines is 1. The summed E-state index contributed by atoms with van der Waals surface area (Å²) in [6.45, 7) is 1.06. The predicted octanol–water partition coefficient (Wildman–Crippen LogP) is 3.10. The summed E-state index contributed by atoms with van der Waals surface area (Å²) in [7, 11) is 0. The molecule has 0 atom stereocenters. The second kappa shape index (κ2) is 8.87. The summed E-state index contributed by atoms with van der Waals surface area (Å²) in [6.07, 6.45) is 4.61. The number of amides is 2. The van der Waals surface area contributed by atoms with Gasteiger partial charge in [-0.05, 0) is 47.5 Å². The van der Waals surface area contributed by atoms with Gasteiger partial charge in [-0.1, -0.05) is 24.3 Å². The Hall–Kier alpha value is -4.20. The van der Waals surface area contributed by atoms with Gasteiger partial charge in [-0.25, -0.2) is 9.67 Å². The first-order valence-corrected chi connectivity index (χ1v) is 9.31. The van der Waals surface area contributed by atoms with Crippen LogP contribution in [0.15, 0.2) is 84.0 Å². The number of nitrogens with one attached hydrogen (secondary N) is 2. The number of nitrogens with zero attached hydrogens (tertiary/aromatic N) is 3. The maximum Gasteiger partial charge on any atom is 0.291 e. The second-order valence-corrected chi connectivity index (χ2v) is 6.60. The molecule has 0 fully saturated rings. The van der Waals surface area contributed by atoms with Gasteiger partial charge >= 0.3 is 0 Å². The number of benzene rings is 2. The largest absolute Gasteiger partial charge is 0.459 e. The highest BCUT2D eigenvalue weighted by Crippen LogP contribution is 2.12. The fourth-order valence-corrected chi connectivity index (χ4v) is 2.85. The number of hydrogen-bond acceptors (Lipinski definition) is 5. The van der Waals surface area contributed by atoms with Crippen LogP contribution < -0.4 is 10.6 Å². The van der Waals surface area contributed by atoms with Crippen LogP contribution in [0.1, 0.15) is 32.0 Å². The molecule has 150 valence electrons. The van der Waals surface area contributed by atoms with Gasteiger partial charge in [-0.2, -0.15) is 5.10 Å². The minimum atomic E-state index is -0.343. The standard InChI is InChI=1S/C22H19N5O3/c28-21(18-7-9-19(10-8-18)26-22(29)20-2-1-11-30-20)24-12-16-3-5-17(6-4-16)13-27-15-23-14-25-27/h1-11,14-15H,12-13H2,(H,24,28)(H,26,29). The fourth-order valence-electron chi connectivity index (χ4n) is 2.85. The van der Waals surface area contributed by atoms with Crippen LogP contribution in [0.5, 0.6) is 0 Å². The molecule has 0 spiro atoms. The summed E-state index contributed by atoms with van der Waals surface area (Å²) in [5.74, 6) is -0.306. The molecule has 0 unspecified atom stereocenters. The number of furan rings is 1. The van der Waals surface area contributed by atoms with E-state index in [1.165, 1.54) is 12.6 Å². The smallest absolute Gasteiger partial charge is 0.291 e. The molecular weight excluding hydrogens is 382 g/mol. The molecule has 0 bridgehead atoms. The Kier molecular flexibility index (Phi) is 5.66. The van der Waals surface area contributed by atoms with E-state index in [0.717, 1.165) is 11.1 Å². The summed E-state index contributed by atoms with van der Waals surface area (Å²) in [5, 5.41) is 9.69. The Labute approximate surface area is 172 Å². The van der Waals surface area contributed by atoms with Crippen molar-refractivity contribution in [1.82, 2.24) is 20.1 Å². The first-order chi connectivity index (χ1) is 14.7. The fraction of sp³-hybridized carbons (Fsp3) is 0.0909. The summed E-state index contributed by atoms with van der Waals surface area (Å²) in [4.78, 5) is 28.3. The third kappa shape index (κ3) is 4.79. The van der Waals surface area contributed by atoms with E-state index in [2.05, 4.69) is 20.7 Å². The lowest BCUT2D eigenvalue weighted by atomic mass is 10.1. The Bertz CT molecular complexity index is 1100. The van der Waals surface area contributed by atoms with E-state index in [-0.39, 0.29) is 17.6 Å². The highest BCUT2D eigenvalue weighted by molar-refractivity contribution is 6.02. The minimum absolute atomic E-state index is 0.189. The van der Waals surface area contributed by atoms with Crippen LogP contribution in [0.2, 0.25) is 0 Å². The Morgan fingerprint density at radius 2 is 1.70 bits per heavy atom. The molecule has 2 N–H and O–H groups in total. The highest BCUT2D eigenvalue weighted by Gasteiger charge is 2.10. The molecule has 8 heteroatoms. The number of hydrogen-bond donors (Lipinski definition) is 2.